The third kappa shape index (κ3) is 4.13. The smallest absolute Gasteiger partial charge is 0.231 e. The molecule has 0 amide bonds. The van der Waals surface area contributed by atoms with E-state index in [-0.39, 0.29) is 5.82 Å². The zero-order valence-electron chi connectivity index (χ0n) is 16.5. The van der Waals surface area contributed by atoms with Crippen LogP contribution in [0.4, 0.5) is 5.82 Å². The highest BCUT2D eigenvalue weighted by Crippen LogP contribution is 2.38. The predicted octanol–water partition coefficient (Wildman–Crippen LogP) is 4.45. The second-order valence-corrected chi connectivity index (χ2v) is 10.7. The molecule has 2 aromatic carbocycles. The number of nitrogens with zero attached hydrogens (tertiary/aromatic N) is 1. The Morgan fingerprint density at radius 3 is 2.72 bits per heavy atom. The summed E-state index contributed by atoms with van der Waals surface area (Å²) in [6.07, 6.45) is 3.23. The van der Waals surface area contributed by atoms with E-state index in [9.17, 15) is 13.5 Å². The molecule has 1 aliphatic rings. The van der Waals surface area contributed by atoms with Crippen molar-refractivity contribution in [2.45, 2.75) is 39.2 Å². The minimum absolute atomic E-state index is 0.0711. The van der Waals surface area contributed by atoms with Crippen LogP contribution in [0.15, 0.2) is 34.9 Å². The van der Waals surface area contributed by atoms with Crippen molar-refractivity contribution >= 4 is 38.4 Å². The maximum Gasteiger partial charge on any atom is 0.231 e. The molecule has 0 bridgehead atoms. The number of aliphatic hydroxyl groups excluding tert-OH is 1. The van der Waals surface area contributed by atoms with E-state index in [0.717, 1.165) is 31.1 Å². The van der Waals surface area contributed by atoms with E-state index in [1.54, 1.807) is 12.1 Å². The fourth-order valence-electron chi connectivity index (χ4n) is 3.91. The molecule has 1 heterocycles. The molecule has 6 nitrogen and oxygen atoms in total. The summed E-state index contributed by atoms with van der Waals surface area (Å²) in [4.78, 5) is 0. The van der Waals surface area contributed by atoms with Gasteiger partial charge in [-0.05, 0) is 53.5 Å². The van der Waals surface area contributed by atoms with Gasteiger partial charge in [-0.1, -0.05) is 48.8 Å². The molecule has 0 spiro atoms. The highest BCUT2D eigenvalue weighted by atomic mass is 35.5. The van der Waals surface area contributed by atoms with Crippen molar-refractivity contribution in [2.24, 2.45) is 5.41 Å². The average Bonchev–Trinajstić information content (AvgIpc) is 2.99. The lowest BCUT2D eigenvalue weighted by atomic mass is 9.74. The number of halogens is 1. The van der Waals surface area contributed by atoms with E-state index in [0.29, 0.717) is 27.0 Å². The second-order valence-electron chi connectivity index (χ2n) is 8.55. The lowest BCUT2D eigenvalue weighted by molar-refractivity contribution is 0.220. The zero-order valence-corrected chi connectivity index (χ0v) is 18.1. The molecule has 1 atom stereocenters. The van der Waals surface area contributed by atoms with Gasteiger partial charge in [-0.25, -0.2) is 8.42 Å². The van der Waals surface area contributed by atoms with Crippen LogP contribution in [0.5, 0.6) is 0 Å². The number of rotatable bonds is 4. The van der Waals surface area contributed by atoms with Gasteiger partial charge in [0.15, 0.2) is 11.4 Å². The Hall–Kier alpha value is -2.09. The molecule has 8 heteroatoms. The first kappa shape index (κ1) is 20.2. The van der Waals surface area contributed by atoms with Crippen molar-refractivity contribution in [3.63, 3.8) is 0 Å². The number of benzene rings is 2. The maximum absolute atomic E-state index is 11.5. The monoisotopic (exact) mass is 434 g/mol. The Labute approximate surface area is 174 Å². The normalized spacial score (nSPS) is 17.1. The highest BCUT2D eigenvalue weighted by Gasteiger charge is 2.26. The van der Waals surface area contributed by atoms with Gasteiger partial charge >= 0.3 is 0 Å². The third-order valence-electron chi connectivity index (χ3n) is 5.45. The highest BCUT2D eigenvalue weighted by molar-refractivity contribution is 7.92. The molecule has 0 fully saturated rings. The molecule has 2 N–H and O–H groups in total. The molecular weight excluding hydrogens is 412 g/mol. The molecule has 1 aliphatic carbocycles. The molecule has 0 saturated carbocycles. The third-order valence-corrected chi connectivity index (χ3v) is 6.34. The van der Waals surface area contributed by atoms with Crippen molar-refractivity contribution in [1.82, 2.24) is 5.16 Å². The number of aliphatic hydroxyl groups is 1. The summed E-state index contributed by atoms with van der Waals surface area (Å²) >= 11 is 6.42. The second kappa shape index (κ2) is 7.00. The Morgan fingerprint density at radius 1 is 1.24 bits per heavy atom. The summed E-state index contributed by atoms with van der Waals surface area (Å²) in [5.41, 5.74) is 4.47. The van der Waals surface area contributed by atoms with E-state index in [4.69, 9.17) is 16.1 Å². The van der Waals surface area contributed by atoms with E-state index < -0.39 is 16.1 Å². The first-order valence-corrected chi connectivity index (χ1v) is 11.7. The van der Waals surface area contributed by atoms with Crippen molar-refractivity contribution < 1.29 is 18.0 Å². The molecule has 0 radical (unpaired) electrons. The Kier molecular flexibility index (Phi) is 4.88. The molecule has 29 heavy (non-hydrogen) atoms. The van der Waals surface area contributed by atoms with E-state index >= 15 is 0 Å². The Bertz CT molecular complexity index is 1200. The molecule has 3 aromatic rings. The van der Waals surface area contributed by atoms with Gasteiger partial charge in [0.2, 0.25) is 10.0 Å². The van der Waals surface area contributed by atoms with Crippen LogP contribution >= 0.6 is 11.6 Å². The summed E-state index contributed by atoms with van der Waals surface area (Å²) in [6.45, 7) is 4.55. The Morgan fingerprint density at radius 2 is 2.00 bits per heavy atom. The van der Waals surface area contributed by atoms with Crippen molar-refractivity contribution in [3.05, 3.63) is 57.6 Å². The van der Waals surface area contributed by atoms with Crippen molar-refractivity contribution in [1.29, 1.82) is 0 Å². The van der Waals surface area contributed by atoms with Gasteiger partial charge in [-0.3, -0.25) is 4.72 Å². The van der Waals surface area contributed by atoms with Crippen LogP contribution in [0.1, 0.15) is 48.6 Å². The largest absolute Gasteiger partial charge is 0.384 e. The van der Waals surface area contributed by atoms with Gasteiger partial charge in [-0.15, -0.1) is 0 Å². The summed E-state index contributed by atoms with van der Waals surface area (Å²) in [5.74, 6) is 0.0711. The van der Waals surface area contributed by atoms with E-state index in [2.05, 4.69) is 29.8 Å². The van der Waals surface area contributed by atoms with Crippen LogP contribution in [-0.2, 0) is 22.9 Å². The fourth-order valence-corrected chi connectivity index (χ4v) is 4.68. The predicted molar refractivity (Wildman–Crippen MR) is 114 cm³/mol. The van der Waals surface area contributed by atoms with E-state index in [1.807, 2.05) is 12.1 Å². The van der Waals surface area contributed by atoms with E-state index in [1.165, 1.54) is 11.1 Å². The topological polar surface area (TPSA) is 92.4 Å². The molecule has 154 valence electrons. The average molecular weight is 435 g/mol. The number of aryl methyl sites for hydroxylation is 1. The number of sulfonamides is 1. The first-order chi connectivity index (χ1) is 13.5. The number of anilines is 1. The lowest BCUT2D eigenvalue weighted by Crippen LogP contribution is -2.22. The van der Waals surface area contributed by atoms with Gasteiger partial charge in [0.05, 0.1) is 11.6 Å². The molecule has 4 rings (SSSR count). The van der Waals surface area contributed by atoms with Gasteiger partial charge in [0.1, 0.15) is 6.10 Å². The molecule has 0 aliphatic heterocycles. The quantitative estimate of drug-likeness (QED) is 0.632. The summed E-state index contributed by atoms with van der Waals surface area (Å²) in [5, 5.41) is 15.5. The van der Waals surface area contributed by atoms with Gasteiger partial charge in [-0.2, -0.15) is 0 Å². The molecule has 1 aromatic heterocycles. The summed E-state index contributed by atoms with van der Waals surface area (Å²) in [7, 11) is -3.50. The molecule has 0 saturated heterocycles. The number of hydrogen-bond donors (Lipinski definition) is 2. The van der Waals surface area contributed by atoms with Gasteiger partial charge in [0, 0.05) is 10.6 Å². The molecular formula is C21H23ClN2O4S. The van der Waals surface area contributed by atoms with Crippen LogP contribution in [0.2, 0.25) is 5.02 Å². The minimum Gasteiger partial charge on any atom is -0.384 e. The fraction of sp³-hybridized carbons (Fsp3) is 0.381. The van der Waals surface area contributed by atoms with Crippen LogP contribution in [0.25, 0.3) is 11.0 Å². The minimum atomic E-state index is -3.50. The standard InChI is InChI=1S/C21H23ClN2O4S/c1-21(2)7-6-12-8-13(4-5-14(12)11-21)19(25)15-10-18-16(9-17(15)22)20(23-28-18)24-29(3,26)27/h4-5,8-10,19,25H,6-7,11H2,1-3H3,(H,23,24). The zero-order chi connectivity index (χ0) is 21.0. The summed E-state index contributed by atoms with van der Waals surface area (Å²) < 4.78 is 30.5. The number of aromatic nitrogens is 1. The molecule has 1 unspecified atom stereocenters. The van der Waals surface area contributed by atoms with Crippen LogP contribution in [0.3, 0.4) is 0 Å². The van der Waals surface area contributed by atoms with Gasteiger partial charge < -0.3 is 9.63 Å². The number of nitrogens with one attached hydrogen (secondary N) is 1. The van der Waals surface area contributed by atoms with Gasteiger partial charge in [0.25, 0.3) is 0 Å². The Balaban J connectivity index is 1.69. The lowest BCUT2D eigenvalue weighted by Gasteiger charge is -2.31. The first-order valence-electron chi connectivity index (χ1n) is 9.39. The number of hydrogen-bond acceptors (Lipinski definition) is 5. The van der Waals surface area contributed by atoms with Crippen molar-refractivity contribution in [3.8, 4) is 0 Å². The summed E-state index contributed by atoms with van der Waals surface area (Å²) in [6, 6.07) is 9.23. The van der Waals surface area contributed by atoms with Crippen LogP contribution in [0, 0.1) is 5.41 Å². The maximum atomic E-state index is 11.5. The number of fused-ring (bicyclic) bond motifs is 2. The van der Waals surface area contributed by atoms with Crippen LogP contribution in [-0.4, -0.2) is 24.9 Å². The van der Waals surface area contributed by atoms with Crippen molar-refractivity contribution in [2.75, 3.05) is 11.0 Å². The van der Waals surface area contributed by atoms with Crippen LogP contribution < -0.4 is 4.72 Å². The SMILES string of the molecule is CC1(C)CCc2cc(C(O)c3cc4onc(NS(C)(=O)=O)c4cc3Cl)ccc2C1.